The number of halogens is 3. The number of benzene rings is 2. The lowest BCUT2D eigenvalue weighted by atomic mass is 10.1. The lowest BCUT2D eigenvalue weighted by molar-refractivity contribution is 0.318. The molecule has 110 valence electrons. The van der Waals surface area contributed by atoms with Crippen molar-refractivity contribution in [1.82, 2.24) is 0 Å². The molecular formula is C14H12BrF2N3O. The minimum Gasteiger partial charge on any atom is -0.409 e. The van der Waals surface area contributed by atoms with Crippen molar-refractivity contribution in [2.45, 2.75) is 6.54 Å². The summed E-state index contributed by atoms with van der Waals surface area (Å²) < 4.78 is 26.9. The maximum atomic E-state index is 13.5. The van der Waals surface area contributed by atoms with Crippen molar-refractivity contribution in [3.05, 3.63) is 63.6 Å². The van der Waals surface area contributed by atoms with Gasteiger partial charge in [-0.15, -0.1) is 0 Å². The second kappa shape index (κ2) is 6.53. The van der Waals surface area contributed by atoms with Crippen LogP contribution in [-0.4, -0.2) is 11.0 Å². The monoisotopic (exact) mass is 355 g/mol. The van der Waals surface area contributed by atoms with Crippen LogP contribution in [0.2, 0.25) is 0 Å². The molecule has 0 heterocycles. The molecule has 0 spiro atoms. The summed E-state index contributed by atoms with van der Waals surface area (Å²) in [6, 6.07) is 8.58. The van der Waals surface area contributed by atoms with Gasteiger partial charge < -0.3 is 16.3 Å². The molecule has 2 aromatic carbocycles. The number of rotatable bonds is 4. The number of oxime groups is 1. The van der Waals surface area contributed by atoms with Gasteiger partial charge in [-0.3, -0.25) is 0 Å². The van der Waals surface area contributed by atoms with Crippen molar-refractivity contribution in [3.8, 4) is 0 Å². The number of nitrogens with two attached hydrogens (primary N) is 1. The van der Waals surface area contributed by atoms with Crippen molar-refractivity contribution in [2.75, 3.05) is 5.32 Å². The maximum Gasteiger partial charge on any atom is 0.170 e. The third-order valence-corrected chi connectivity index (χ3v) is 3.39. The zero-order chi connectivity index (χ0) is 15.4. The summed E-state index contributed by atoms with van der Waals surface area (Å²) in [7, 11) is 0. The molecule has 0 aliphatic carbocycles. The van der Waals surface area contributed by atoms with Crippen LogP contribution in [0.4, 0.5) is 14.5 Å². The molecule has 0 fully saturated rings. The zero-order valence-electron chi connectivity index (χ0n) is 10.8. The summed E-state index contributed by atoms with van der Waals surface area (Å²) in [5.74, 6) is -1.02. The van der Waals surface area contributed by atoms with E-state index in [0.717, 1.165) is 0 Å². The Kier molecular flexibility index (Phi) is 4.74. The SMILES string of the molecule is N/C(=N/O)c1cc(F)cc(CNc2ccc(F)c(Br)c2)c1. The number of hydrogen-bond donors (Lipinski definition) is 3. The molecule has 4 N–H and O–H groups in total. The van der Waals surface area contributed by atoms with Gasteiger partial charge in [0, 0.05) is 17.8 Å². The fraction of sp³-hybridized carbons (Fsp3) is 0.0714. The topological polar surface area (TPSA) is 70.6 Å². The highest BCUT2D eigenvalue weighted by atomic mass is 79.9. The van der Waals surface area contributed by atoms with Crippen LogP contribution in [0.25, 0.3) is 0 Å². The van der Waals surface area contributed by atoms with Crippen molar-refractivity contribution < 1.29 is 14.0 Å². The van der Waals surface area contributed by atoms with Crippen molar-refractivity contribution in [1.29, 1.82) is 0 Å². The molecule has 2 rings (SSSR count). The first kappa shape index (κ1) is 15.2. The Morgan fingerprint density at radius 1 is 1.24 bits per heavy atom. The molecule has 2 aromatic rings. The molecular weight excluding hydrogens is 344 g/mol. The Labute approximate surface area is 128 Å². The third-order valence-electron chi connectivity index (χ3n) is 2.78. The fourth-order valence-electron chi connectivity index (χ4n) is 1.77. The average Bonchev–Trinajstić information content (AvgIpc) is 2.47. The van der Waals surface area contributed by atoms with E-state index in [1.54, 1.807) is 18.2 Å². The van der Waals surface area contributed by atoms with E-state index in [4.69, 9.17) is 10.9 Å². The van der Waals surface area contributed by atoms with E-state index in [-0.39, 0.29) is 17.2 Å². The minimum absolute atomic E-state index is 0.166. The fourth-order valence-corrected chi connectivity index (χ4v) is 2.15. The molecule has 0 aromatic heterocycles. The zero-order valence-corrected chi connectivity index (χ0v) is 12.4. The molecule has 0 amide bonds. The van der Waals surface area contributed by atoms with Crippen LogP contribution < -0.4 is 11.1 Å². The van der Waals surface area contributed by atoms with Gasteiger partial charge >= 0.3 is 0 Å². The lowest BCUT2D eigenvalue weighted by Gasteiger charge is -2.09. The minimum atomic E-state index is -0.490. The van der Waals surface area contributed by atoms with Crippen molar-refractivity contribution in [2.24, 2.45) is 10.9 Å². The smallest absolute Gasteiger partial charge is 0.170 e. The van der Waals surface area contributed by atoms with Crippen LogP contribution >= 0.6 is 15.9 Å². The standard InChI is InChI=1S/C14H12BrF2N3O/c15-12-6-11(1-2-13(12)17)19-7-8-3-9(14(18)20-21)5-10(16)4-8/h1-6,19,21H,7H2,(H2,18,20). The predicted molar refractivity (Wildman–Crippen MR) is 80.3 cm³/mol. The molecule has 7 heteroatoms. The quantitative estimate of drug-likeness (QED) is 0.340. The predicted octanol–water partition coefficient (Wildman–Crippen LogP) is 3.43. The van der Waals surface area contributed by atoms with Crippen LogP contribution in [0.5, 0.6) is 0 Å². The molecule has 0 saturated carbocycles. The van der Waals surface area contributed by atoms with E-state index in [1.807, 2.05) is 0 Å². The van der Waals surface area contributed by atoms with Gasteiger partial charge in [-0.25, -0.2) is 8.78 Å². The van der Waals surface area contributed by atoms with Crippen LogP contribution in [0, 0.1) is 11.6 Å². The summed E-state index contributed by atoms with van der Waals surface area (Å²) >= 11 is 3.09. The van der Waals surface area contributed by atoms with E-state index >= 15 is 0 Å². The summed E-state index contributed by atoms with van der Waals surface area (Å²) in [5, 5.41) is 14.5. The molecule has 4 nitrogen and oxygen atoms in total. The Bertz CT molecular complexity index is 692. The summed E-state index contributed by atoms with van der Waals surface area (Å²) in [5.41, 5.74) is 7.01. The lowest BCUT2D eigenvalue weighted by Crippen LogP contribution is -2.14. The van der Waals surface area contributed by atoms with Gasteiger partial charge in [0.2, 0.25) is 0 Å². The summed E-state index contributed by atoms with van der Waals surface area (Å²) in [6.07, 6.45) is 0. The van der Waals surface area contributed by atoms with Gasteiger partial charge in [0.05, 0.1) is 4.47 Å². The first-order valence-corrected chi connectivity index (χ1v) is 6.75. The van der Waals surface area contributed by atoms with E-state index in [2.05, 4.69) is 26.4 Å². The summed E-state index contributed by atoms with van der Waals surface area (Å²) in [6.45, 7) is 0.307. The molecule has 0 unspecified atom stereocenters. The molecule has 0 radical (unpaired) electrons. The molecule has 0 aliphatic heterocycles. The highest BCUT2D eigenvalue weighted by Gasteiger charge is 2.06. The number of nitrogens with zero attached hydrogens (tertiary/aromatic N) is 1. The van der Waals surface area contributed by atoms with E-state index < -0.39 is 5.82 Å². The second-order valence-electron chi connectivity index (χ2n) is 4.32. The van der Waals surface area contributed by atoms with E-state index in [9.17, 15) is 8.78 Å². The molecule has 0 atom stereocenters. The Morgan fingerprint density at radius 2 is 2.00 bits per heavy atom. The molecule has 0 saturated heterocycles. The van der Waals surface area contributed by atoms with Gasteiger partial charge in [0.1, 0.15) is 11.6 Å². The van der Waals surface area contributed by atoms with Crippen LogP contribution in [0.15, 0.2) is 46.0 Å². The number of amidine groups is 1. The normalized spacial score (nSPS) is 11.5. The van der Waals surface area contributed by atoms with Crippen molar-refractivity contribution >= 4 is 27.5 Å². The van der Waals surface area contributed by atoms with Gasteiger partial charge in [0.15, 0.2) is 5.84 Å². The number of anilines is 1. The van der Waals surface area contributed by atoms with Crippen LogP contribution in [0.3, 0.4) is 0 Å². The van der Waals surface area contributed by atoms with Gasteiger partial charge in [-0.05, 0) is 57.9 Å². The highest BCUT2D eigenvalue weighted by molar-refractivity contribution is 9.10. The van der Waals surface area contributed by atoms with E-state index in [0.29, 0.717) is 22.3 Å². The Hall–Kier alpha value is -2.15. The summed E-state index contributed by atoms with van der Waals surface area (Å²) in [4.78, 5) is 0. The maximum absolute atomic E-state index is 13.5. The molecule has 0 aliphatic rings. The van der Waals surface area contributed by atoms with Gasteiger partial charge in [-0.1, -0.05) is 5.16 Å². The number of hydrogen-bond acceptors (Lipinski definition) is 3. The molecule has 0 bridgehead atoms. The number of nitrogens with one attached hydrogen (secondary N) is 1. The Morgan fingerprint density at radius 3 is 2.67 bits per heavy atom. The second-order valence-corrected chi connectivity index (χ2v) is 5.17. The first-order valence-electron chi connectivity index (χ1n) is 5.96. The highest BCUT2D eigenvalue weighted by Crippen LogP contribution is 2.20. The first-order chi connectivity index (χ1) is 9.99. The largest absolute Gasteiger partial charge is 0.409 e. The van der Waals surface area contributed by atoms with Gasteiger partial charge in [0.25, 0.3) is 0 Å². The van der Waals surface area contributed by atoms with Crippen LogP contribution in [0.1, 0.15) is 11.1 Å². The molecule has 21 heavy (non-hydrogen) atoms. The third kappa shape index (κ3) is 3.91. The van der Waals surface area contributed by atoms with Gasteiger partial charge in [-0.2, -0.15) is 0 Å². The van der Waals surface area contributed by atoms with Crippen LogP contribution in [-0.2, 0) is 6.54 Å². The Balaban J connectivity index is 2.16. The van der Waals surface area contributed by atoms with Crippen molar-refractivity contribution in [3.63, 3.8) is 0 Å². The van der Waals surface area contributed by atoms with E-state index in [1.165, 1.54) is 18.2 Å². The average molecular weight is 356 g/mol.